The van der Waals surface area contributed by atoms with Gasteiger partial charge in [0.1, 0.15) is 5.75 Å². The lowest BCUT2D eigenvalue weighted by atomic mass is 10.0. The zero-order valence-corrected chi connectivity index (χ0v) is 15.6. The van der Waals surface area contributed by atoms with Gasteiger partial charge in [0, 0.05) is 17.7 Å². The molecule has 7 nitrogen and oxygen atoms in total. The maximum Gasteiger partial charge on any atom is 0.360 e. The van der Waals surface area contributed by atoms with Crippen molar-refractivity contribution < 1.29 is 23.5 Å². The minimum absolute atomic E-state index is 0.0180. The summed E-state index contributed by atoms with van der Waals surface area (Å²) in [5, 5.41) is 2.88. The van der Waals surface area contributed by atoms with E-state index in [9.17, 15) is 9.59 Å². The Morgan fingerprint density at radius 3 is 2.64 bits per heavy atom. The molecule has 0 aliphatic carbocycles. The van der Waals surface area contributed by atoms with E-state index in [1.54, 1.807) is 24.3 Å². The Balaban J connectivity index is 1.85. The SMILES string of the molecule is CCOc1ccccc1CNC(=O)c1ccccc1-c1ocnc1C(=O)OC. The van der Waals surface area contributed by atoms with Crippen molar-refractivity contribution in [2.45, 2.75) is 13.5 Å². The second-order valence-electron chi connectivity index (χ2n) is 5.79. The molecular weight excluding hydrogens is 360 g/mol. The number of aromatic nitrogens is 1. The summed E-state index contributed by atoms with van der Waals surface area (Å²) >= 11 is 0. The molecule has 0 spiro atoms. The zero-order chi connectivity index (χ0) is 19.9. The molecule has 0 aliphatic rings. The maximum absolute atomic E-state index is 12.8. The largest absolute Gasteiger partial charge is 0.494 e. The summed E-state index contributed by atoms with van der Waals surface area (Å²) < 4.78 is 15.7. The van der Waals surface area contributed by atoms with Crippen LogP contribution in [-0.4, -0.2) is 30.6 Å². The van der Waals surface area contributed by atoms with Crippen LogP contribution in [0.4, 0.5) is 0 Å². The van der Waals surface area contributed by atoms with Crippen molar-refractivity contribution in [2.75, 3.05) is 13.7 Å². The van der Waals surface area contributed by atoms with Crippen LogP contribution in [0.15, 0.2) is 59.3 Å². The van der Waals surface area contributed by atoms with Crippen molar-refractivity contribution >= 4 is 11.9 Å². The molecule has 1 N–H and O–H groups in total. The van der Waals surface area contributed by atoms with Gasteiger partial charge >= 0.3 is 5.97 Å². The zero-order valence-electron chi connectivity index (χ0n) is 15.6. The van der Waals surface area contributed by atoms with Crippen LogP contribution in [0.25, 0.3) is 11.3 Å². The van der Waals surface area contributed by atoms with Crippen molar-refractivity contribution in [3.63, 3.8) is 0 Å². The smallest absolute Gasteiger partial charge is 0.360 e. The molecule has 0 fully saturated rings. The van der Waals surface area contributed by atoms with Crippen LogP contribution in [0.3, 0.4) is 0 Å². The fraction of sp³-hybridized carbons (Fsp3) is 0.190. The summed E-state index contributed by atoms with van der Waals surface area (Å²) in [6.07, 6.45) is 1.15. The van der Waals surface area contributed by atoms with Gasteiger partial charge in [-0.15, -0.1) is 0 Å². The first-order valence-electron chi connectivity index (χ1n) is 8.75. The minimum atomic E-state index is -0.635. The van der Waals surface area contributed by atoms with Gasteiger partial charge in [-0.3, -0.25) is 4.79 Å². The lowest BCUT2D eigenvalue weighted by Crippen LogP contribution is -2.24. The second-order valence-corrected chi connectivity index (χ2v) is 5.79. The lowest BCUT2D eigenvalue weighted by molar-refractivity contribution is 0.0595. The first kappa shape index (κ1) is 19.2. The highest BCUT2D eigenvalue weighted by atomic mass is 16.5. The topological polar surface area (TPSA) is 90.7 Å². The van der Waals surface area contributed by atoms with Crippen LogP contribution >= 0.6 is 0 Å². The Kier molecular flexibility index (Phi) is 6.06. The number of methoxy groups -OCH3 is 1. The van der Waals surface area contributed by atoms with E-state index in [1.807, 2.05) is 31.2 Å². The average Bonchev–Trinajstić information content (AvgIpc) is 3.22. The molecule has 0 radical (unpaired) electrons. The Hall–Kier alpha value is -3.61. The molecule has 1 heterocycles. The predicted molar refractivity (Wildman–Crippen MR) is 102 cm³/mol. The Morgan fingerprint density at radius 2 is 1.86 bits per heavy atom. The first-order valence-corrected chi connectivity index (χ1v) is 8.75. The maximum atomic E-state index is 12.8. The number of para-hydroxylation sites is 1. The van der Waals surface area contributed by atoms with Crippen LogP contribution in [0.1, 0.15) is 33.3 Å². The summed E-state index contributed by atoms with van der Waals surface area (Å²) in [7, 11) is 1.26. The van der Waals surface area contributed by atoms with Crippen LogP contribution < -0.4 is 10.1 Å². The summed E-state index contributed by atoms with van der Waals surface area (Å²) in [5.41, 5.74) is 1.70. The van der Waals surface area contributed by atoms with E-state index >= 15 is 0 Å². The van der Waals surface area contributed by atoms with E-state index in [-0.39, 0.29) is 17.4 Å². The number of nitrogens with zero attached hydrogens (tertiary/aromatic N) is 1. The molecule has 3 aromatic rings. The molecular formula is C21H20N2O5. The fourth-order valence-corrected chi connectivity index (χ4v) is 2.78. The number of benzene rings is 2. The minimum Gasteiger partial charge on any atom is -0.494 e. The quantitative estimate of drug-likeness (QED) is 0.631. The van der Waals surface area contributed by atoms with Gasteiger partial charge in [0.25, 0.3) is 5.91 Å². The number of esters is 1. The highest BCUT2D eigenvalue weighted by Gasteiger charge is 2.23. The molecule has 0 saturated heterocycles. The molecule has 7 heteroatoms. The van der Waals surface area contributed by atoms with Crippen molar-refractivity contribution in [2.24, 2.45) is 0 Å². The van der Waals surface area contributed by atoms with Crippen LogP contribution in [-0.2, 0) is 11.3 Å². The predicted octanol–water partition coefficient (Wildman–Crippen LogP) is 3.46. The van der Waals surface area contributed by atoms with Gasteiger partial charge in [-0.2, -0.15) is 0 Å². The molecule has 144 valence electrons. The molecule has 1 amide bonds. The van der Waals surface area contributed by atoms with Crippen LogP contribution in [0.5, 0.6) is 5.75 Å². The third-order valence-corrected chi connectivity index (χ3v) is 4.07. The third kappa shape index (κ3) is 4.03. The monoisotopic (exact) mass is 380 g/mol. The van der Waals surface area contributed by atoms with Crippen molar-refractivity contribution in [3.05, 3.63) is 71.7 Å². The van der Waals surface area contributed by atoms with Gasteiger partial charge in [-0.1, -0.05) is 36.4 Å². The summed E-state index contributed by atoms with van der Waals surface area (Å²) in [4.78, 5) is 28.6. The Labute approximate surface area is 162 Å². The Morgan fingerprint density at radius 1 is 1.11 bits per heavy atom. The number of carbonyl (C=O) groups excluding carboxylic acids is 2. The molecule has 0 atom stereocenters. The molecule has 2 aromatic carbocycles. The number of ether oxygens (including phenoxy) is 2. The normalized spacial score (nSPS) is 10.4. The summed E-state index contributed by atoms with van der Waals surface area (Å²) in [6, 6.07) is 14.3. The van der Waals surface area contributed by atoms with Gasteiger partial charge in [0.2, 0.25) is 0 Å². The number of carbonyl (C=O) groups is 2. The van der Waals surface area contributed by atoms with Gasteiger partial charge < -0.3 is 19.2 Å². The second kappa shape index (κ2) is 8.85. The number of hydrogen-bond donors (Lipinski definition) is 1. The third-order valence-electron chi connectivity index (χ3n) is 4.07. The summed E-state index contributed by atoms with van der Waals surface area (Å²) in [6.45, 7) is 2.74. The van der Waals surface area contributed by atoms with Gasteiger partial charge in [0.15, 0.2) is 17.8 Å². The van der Waals surface area contributed by atoms with Gasteiger partial charge in [-0.05, 0) is 19.1 Å². The van der Waals surface area contributed by atoms with Crippen LogP contribution in [0.2, 0.25) is 0 Å². The lowest BCUT2D eigenvalue weighted by Gasteiger charge is -2.12. The molecule has 0 bridgehead atoms. The number of oxazole rings is 1. The van der Waals surface area contributed by atoms with Crippen LogP contribution in [0, 0.1) is 0 Å². The highest BCUT2D eigenvalue weighted by molar-refractivity contribution is 6.03. The van der Waals surface area contributed by atoms with Crippen molar-refractivity contribution in [3.8, 4) is 17.1 Å². The molecule has 0 aliphatic heterocycles. The standard InChI is InChI=1S/C21H20N2O5/c1-3-27-17-11-7-4-8-14(17)12-22-20(24)16-10-6-5-9-15(16)19-18(21(25)26-2)23-13-28-19/h4-11,13H,3,12H2,1-2H3,(H,22,24). The molecule has 0 unspecified atom stereocenters. The van der Waals surface area contributed by atoms with E-state index in [0.29, 0.717) is 24.3 Å². The van der Waals surface area contributed by atoms with Gasteiger partial charge in [0.05, 0.1) is 19.3 Å². The summed E-state index contributed by atoms with van der Waals surface area (Å²) in [5.74, 6) is -0.0344. The number of amides is 1. The molecule has 1 aromatic heterocycles. The molecule has 28 heavy (non-hydrogen) atoms. The van der Waals surface area contributed by atoms with E-state index < -0.39 is 5.97 Å². The number of nitrogens with one attached hydrogen (secondary N) is 1. The van der Waals surface area contributed by atoms with E-state index in [1.165, 1.54) is 7.11 Å². The van der Waals surface area contributed by atoms with Gasteiger partial charge in [-0.25, -0.2) is 9.78 Å². The number of rotatable bonds is 7. The molecule has 0 saturated carbocycles. The van der Waals surface area contributed by atoms with E-state index in [0.717, 1.165) is 17.7 Å². The van der Waals surface area contributed by atoms with Crippen molar-refractivity contribution in [1.29, 1.82) is 0 Å². The fourth-order valence-electron chi connectivity index (χ4n) is 2.78. The average molecular weight is 380 g/mol. The Bertz CT molecular complexity index is 980. The highest BCUT2D eigenvalue weighted by Crippen LogP contribution is 2.27. The number of hydrogen-bond acceptors (Lipinski definition) is 6. The van der Waals surface area contributed by atoms with E-state index in [2.05, 4.69) is 10.3 Å². The molecule has 3 rings (SSSR count). The first-order chi connectivity index (χ1) is 13.7. The van der Waals surface area contributed by atoms with E-state index in [4.69, 9.17) is 13.9 Å². The van der Waals surface area contributed by atoms with Crippen molar-refractivity contribution in [1.82, 2.24) is 10.3 Å².